The van der Waals surface area contributed by atoms with Gasteiger partial charge < -0.3 is 40.3 Å². The first kappa shape index (κ1) is 32.9. The van der Waals surface area contributed by atoms with Gasteiger partial charge in [0.05, 0.1) is 54.1 Å². The minimum atomic E-state index is -1.38. The van der Waals surface area contributed by atoms with E-state index >= 15 is 0 Å². The average Bonchev–Trinajstić information content (AvgIpc) is 2.97. The topological polar surface area (TPSA) is 137 Å². The van der Waals surface area contributed by atoms with Crippen molar-refractivity contribution in [2.75, 3.05) is 68.4 Å². The Morgan fingerprint density at radius 1 is 1.23 bits per heavy atom. The van der Waals surface area contributed by atoms with Crippen LogP contribution in [-0.4, -0.2) is 84.4 Å². The van der Waals surface area contributed by atoms with Gasteiger partial charge in [0, 0.05) is 23.9 Å². The highest BCUT2D eigenvalue weighted by atomic mass is 35.5. The molecule has 2 aromatic carbocycles. The number of ether oxygens (including phenoxy) is 2. The van der Waals surface area contributed by atoms with Crippen molar-refractivity contribution in [3.63, 3.8) is 0 Å². The van der Waals surface area contributed by atoms with Crippen molar-refractivity contribution in [1.29, 1.82) is 0 Å². The molecule has 0 radical (unpaired) electrons. The Labute approximate surface area is 261 Å². The second kappa shape index (κ2) is 14.2. The van der Waals surface area contributed by atoms with Gasteiger partial charge in [-0.2, -0.15) is 4.98 Å². The molecule has 0 aliphatic carbocycles. The monoisotopic (exact) mass is 628 g/mol. The van der Waals surface area contributed by atoms with Gasteiger partial charge in [-0.25, -0.2) is 14.4 Å². The van der Waals surface area contributed by atoms with Gasteiger partial charge in [0.25, 0.3) is 0 Å². The van der Waals surface area contributed by atoms with E-state index < -0.39 is 11.4 Å². The molecule has 0 unspecified atom stereocenters. The number of carbonyl (C=O) groups excluding carboxylic acids is 1. The summed E-state index contributed by atoms with van der Waals surface area (Å²) in [6.45, 7) is 9.25. The quantitative estimate of drug-likeness (QED) is 0.208. The first-order valence-electron chi connectivity index (χ1n) is 14.0. The van der Waals surface area contributed by atoms with Gasteiger partial charge >= 0.3 is 0 Å². The Kier molecular flexibility index (Phi) is 10.6. The molecule has 2 heterocycles. The summed E-state index contributed by atoms with van der Waals surface area (Å²) in [6, 6.07) is 6.20. The van der Waals surface area contributed by atoms with Gasteiger partial charge in [0.15, 0.2) is 0 Å². The van der Waals surface area contributed by atoms with Crippen LogP contribution in [0.3, 0.4) is 0 Å². The van der Waals surface area contributed by atoms with Crippen molar-refractivity contribution >= 4 is 52.2 Å². The van der Waals surface area contributed by atoms with E-state index in [4.69, 9.17) is 21.1 Å². The van der Waals surface area contributed by atoms with Crippen molar-refractivity contribution in [1.82, 2.24) is 19.9 Å². The lowest BCUT2D eigenvalue weighted by Gasteiger charge is -2.39. The molecule has 1 aliphatic rings. The largest absolute Gasteiger partial charge is 0.494 e. The minimum absolute atomic E-state index is 0.0833. The number of benzene rings is 2. The van der Waals surface area contributed by atoms with Crippen LogP contribution >= 0.6 is 11.6 Å². The molecule has 4 rings (SSSR count). The van der Waals surface area contributed by atoms with E-state index in [1.807, 2.05) is 20.2 Å². The second-order valence-electron chi connectivity index (χ2n) is 11.0. The van der Waals surface area contributed by atoms with Crippen LogP contribution in [0.5, 0.6) is 5.75 Å². The van der Waals surface area contributed by atoms with Crippen molar-refractivity contribution in [3.05, 3.63) is 59.7 Å². The van der Waals surface area contributed by atoms with Crippen LogP contribution in [0.4, 0.5) is 39.0 Å². The number of nitrogens with zero attached hydrogens (tertiary/aromatic N) is 5. The first-order valence-corrected chi connectivity index (χ1v) is 14.4. The summed E-state index contributed by atoms with van der Waals surface area (Å²) in [5.41, 5.74) is 1.01. The van der Waals surface area contributed by atoms with Gasteiger partial charge in [-0.3, -0.25) is 4.79 Å². The van der Waals surface area contributed by atoms with E-state index in [0.717, 1.165) is 24.7 Å². The van der Waals surface area contributed by atoms with E-state index in [2.05, 4.69) is 47.3 Å². The highest BCUT2D eigenvalue weighted by Crippen LogP contribution is 2.40. The summed E-state index contributed by atoms with van der Waals surface area (Å²) in [5.74, 6) is -0.277. The van der Waals surface area contributed by atoms with Crippen LogP contribution in [0.2, 0.25) is 5.02 Å². The minimum Gasteiger partial charge on any atom is -0.494 e. The summed E-state index contributed by atoms with van der Waals surface area (Å²) < 4.78 is 25.7. The van der Waals surface area contributed by atoms with Crippen molar-refractivity contribution in [3.8, 4) is 5.75 Å². The molecule has 1 atom stereocenters. The fraction of sp³-hybridized carbons (Fsp3) is 0.400. The van der Waals surface area contributed by atoms with Crippen LogP contribution in [0.1, 0.15) is 25.8 Å². The maximum Gasteiger partial charge on any atom is 0.247 e. The summed E-state index contributed by atoms with van der Waals surface area (Å²) in [7, 11) is 5.60. The number of morpholine rings is 1. The number of halogens is 2. The Morgan fingerprint density at radius 2 is 1.93 bits per heavy atom. The number of aliphatic hydroxyl groups is 1. The molecule has 3 aromatic rings. The third kappa shape index (κ3) is 8.11. The summed E-state index contributed by atoms with van der Waals surface area (Å²) >= 11 is 6.02. The smallest absolute Gasteiger partial charge is 0.247 e. The highest BCUT2D eigenvalue weighted by Gasteiger charge is 2.27. The van der Waals surface area contributed by atoms with E-state index in [9.17, 15) is 14.3 Å². The van der Waals surface area contributed by atoms with Crippen LogP contribution < -0.4 is 25.6 Å². The van der Waals surface area contributed by atoms with Crippen LogP contribution in [0, 0.1) is 5.82 Å². The molecule has 44 heavy (non-hydrogen) atoms. The lowest BCUT2D eigenvalue weighted by molar-refractivity contribution is -0.111. The predicted octanol–water partition coefficient (Wildman–Crippen LogP) is 4.67. The summed E-state index contributed by atoms with van der Waals surface area (Å²) in [4.78, 5) is 29.6. The van der Waals surface area contributed by atoms with Gasteiger partial charge in [0.1, 0.15) is 17.9 Å². The number of nitrogens with one attached hydrogen (secondary N) is 3. The third-order valence-electron chi connectivity index (χ3n) is 6.99. The fourth-order valence-corrected chi connectivity index (χ4v) is 4.95. The van der Waals surface area contributed by atoms with Crippen LogP contribution in [0.25, 0.3) is 0 Å². The average molecular weight is 629 g/mol. The number of aromatic nitrogens is 3. The van der Waals surface area contributed by atoms with Gasteiger partial charge in [-0.05, 0) is 65.2 Å². The van der Waals surface area contributed by atoms with E-state index in [1.165, 1.54) is 32.3 Å². The van der Waals surface area contributed by atoms with E-state index in [-0.39, 0.29) is 34.4 Å². The molecule has 236 valence electrons. The molecule has 12 nitrogen and oxygen atoms in total. The SMILES string of the molecule is C=CC(=O)Nc1cc(Nc2ncnc(Nc3cc(Cl)c(F)cc3C(C)(C)O)n2)c(OC)cc1N1CCOC[C@@H]1CCN(C)C. The van der Waals surface area contributed by atoms with E-state index in [1.54, 1.807) is 13.2 Å². The Hall–Kier alpha value is -4.04. The van der Waals surface area contributed by atoms with Crippen molar-refractivity contribution in [2.24, 2.45) is 0 Å². The molecule has 0 saturated carbocycles. The second-order valence-corrected chi connectivity index (χ2v) is 11.4. The lowest BCUT2D eigenvalue weighted by Crippen LogP contribution is -2.47. The summed E-state index contributed by atoms with van der Waals surface area (Å²) in [6.07, 6.45) is 3.35. The fourth-order valence-electron chi connectivity index (χ4n) is 4.79. The summed E-state index contributed by atoms with van der Waals surface area (Å²) in [5, 5.41) is 19.5. The number of rotatable bonds is 12. The Morgan fingerprint density at radius 3 is 2.57 bits per heavy atom. The van der Waals surface area contributed by atoms with Gasteiger partial charge in [-0.1, -0.05) is 18.2 Å². The molecule has 1 aromatic heterocycles. The molecular formula is C30H38ClFN8O4. The van der Waals surface area contributed by atoms with E-state index in [0.29, 0.717) is 42.6 Å². The lowest BCUT2D eigenvalue weighted by atomic mass is 9.96. The number of amides is 1. The molecule has 14 heteroatoms. The predicted molar refractivity (Wildman–Crippen MR) is 170 cm³/mol. The zero-order valence-corrected chi connectivity index (χ0v) is 26.2. The van der Waals surface area contributed by atoms with Crippen molar-refractivity contribution in [2.45, 2.75) is 31.9 Å². The first-order chi connectivity index (χ1) is 20.9. The molecular weight excluding hydrogens is 591 g/mol. The molecule has 4 N–H and O–H groups in total. The normalized spacial score (nSPS) is 15.2. The van der Waals surface area contributed by atoms with Crippen molar-refractivity contribution < 1.29 is 23.8 Å². The highest BCUT2D eigenvalue weighted by molar-refractivity contribution is 6.31. The van der Waals surface area contributed by atoms with Crippen LogP contribution in [0.15, 0.2) is 43.2 Å². The zero-order chi connectivity index (χ0) is 32.0. The molecule has 0 spiro atoms. The Balaban J connectivity index is 1.68. The number of anilines is 6. The zero-order valence-electron chi connectivity index (χ0n) is 25.4. The molecule has 0 bridgehead atoms. The van der Waals surface area contributed by atoms with Gasteiger partial charge in [-0.15, -0.1) is 0 Å². The molecule has 1 saturated heterocycles. The maximum atomic E-state index is 14.2. The number of methoxy groups -OCH3 is 1. The third-order valence-corrected chi connectivity index (χ3v) is 7.28. The standard InChI is InChI=1S/C30H38ClFN8O4/c1-7-27(41)35-23-14-24(26(43-6)15-25(23)40-10-11-44-16-18(40)8-9-39(4)5)37-29-34-17-33-28(38-29)36-22-13-20(31)21(32)12-19(22)30(2,3)42/h7,12-15,17-18,42H,1,8-11,16H2,2-6H3,(H,35,41)(H2,33,34,36,37,38)/t18-/m0/s1. The number of hydrogen-bond donors (Lipinski definition) is 4. The molecule has 1 fully saturated rings. The number of carbonyl (C=O) groups is 1. The van der Waals surface area contributed by atoms with Gasteiger partial charge in [0.2, 0.25) is 17.8 Å². The Bertz CT molecular complexity index is 1500. The molecule has 1 amide bonds. The number of hydrogen-bond acceptors (Lipinski definition) is 11. The van der Waals surface area contributed by atoms with Crippen LogP contribution in [-0.2, 0) is 15.1 Å². The molecule has 1 aliphatic heterocycles. The maximum absolute atomic E-state index is 14.2.